The second-order valence-electron chi connectivity index (χ2n) is 6.34. The second-order valence-corrected chi connectivity index (χ2v) is 7.32. The third kappa shape index (κ3) is 3.28. The number of amides is 1. The summed E-state index contributed by atoms with van der Waals surface area (Å²) in [4.78, 5) is 21.0. The first-order valence-corrected chi connectivity index (χ1v) is 8.19. The van der Waals surface area contributed by atoms with Crippen LogP contribution in [0.25, 0.3) is 5.00 Å². The number of nitrogens with zero attached hydrogens (tertiary/aromatic N) is 4. The minimum atomic E-state index is -0.248. The number of carbonyl (C=O) groups excluding carboxylic acids is 1. The molecule has 1 aromatic carbocycles. The number of aromatic nitrogens is 4. The van der Waals surface area contributed by atoms with Crippen LogP contribution in [-0.4, -0.2) is 25.7 Å². The fourth-order valence-electron chi connectivity index (χ4n) is 2.17. The van der Waals surface area contributed by atoms with Gasteiger partial charge in [0.05, 0.1) is 5.69 Å². The lowest BCUT2D eigenvalue weighted by Crippen LogP contribution is -2.16. The molecule has 0 saturated heterocycles. The zero-order valence-corrected chi connectivity index (χ0v) is 14.5. The Bertz CT molecular complexity index is 863. The zero-order valence-electron chi connectivity index (χ0n) is 13.6. The van der Waals surface area contributed by atoms with E-state index in [0.717, 1.165) is 10.7 Å². The molecule has 0 aliphatic rings. The quantitative estimate of drug-likeness (QED) is 0.713. The van der Waals surface area contributed by atoms with Gasteiger partial charge in [-0.1, -0.05) is 38.2 Å². The summed E-state index contributed by atoms with van der Waals surface area (Å²) in [6, 6.07) is 6.82. The Morgan fingerprint density at radius 2 is 2.12 bits per heavy atom. The standard InChI is InChI=1S/C16H18N6OS/c1-16(2,3)12-14(22-9-18-8-19-22)24-15(20-12)21-13(23)10-5-4-6-11(17)7-10/h4-9H,17H2,1-3H3,(H,20,21,23). The van der Waals surface area contributed by atoms with E-state index >= 15 is 0 Å². The molecule has 0 unspecified atom stereocenters. The van der Waals surface area contributed by atoms with Crippen LogP contribution in [0.2, 0.25) is 0 Å². The van der Waals surface area contributed by atoms with Gasteiger partial charge in [0.15, 0.2) is 5.13 Å². The highest BCUT2D eigenvalue weighted by Crippen LogP contribution is 2.34. The molecule has 0 spiro atoms. The van der Waals surface area contributed by atoms with Crippen LogP contribution in [-0.2, 0) is 5.41 Å². The van der Waals surface area contributed by atoms with E-state index in [0.29, 0.717) is 16.4 Å². The summed E-state index contributed by atoms with van der Waals surface area (Å²) < 4.78 is 1.66. The maximum atomic E-state index is 12.4. The van der Waals surface area contributed by atoms with Gasteiger partial charge in [0.2, 0.25) is 0 Å². The lowest BCUT2D eigenvalue weighted by Gasteiger charge is -2.16. The minimum Gasteiger partial charge on any atom is -0.399 e. The third-order valence-corrected chi connectivity index (χ3v) is 4.28. The molecule has 1 amide bonds. The smallest absolute Gasteiger partial charge is 0.257 e. The van der Waals surface area contributed by atoms with Gasteiger partial charge in [0, 0.05) is 16.7 Å². The van der Waals surface area contributed by atoms with Gasteiger partial charge < -0.3 is 5.73 Å². The highest BCUT2D eigenvalue weighted by molar-refractivity contribution is 7.18. The van der Waals surface area contributed by atoms with Crippen LogP contribution in [0.1, 0.15) is 36.8 Å². The van der Waals surface area contributed by atoms with Gasteiger partial charge in [0.1, 0.15) is 17.7 Å². The molecule has 3 N–H and O–H groups in total. The minimum absolute atomic E-state index is 0.196. The van der Waals surface area contributed by atoms with Crippen LogP contribution < -0.4 is 11.1 Å². The summed E-state index contributed by atoms with van der Waals surface area (Å²) in [5.74, 6) is -0.248. The van der Waals surface area contributed by atoms with Gasteiger partial charge in [-0.15, -0.1) is 0 Å². The second kappa shape index (κ2) is 6.04. The number of nitrogens with one attached hydrogen (secondary N) is 1. The number of anilines is 2. The van der Waals surface area contributed by atoms with Gasteiger partial charge in [-0.05, 0) is 18.2 Å². The molecule has 24 heavy (non-hydrogen) atoms. The first-order valence-electron chi connectivity index (χ1n) is 7.38. The van der Waals surface area contributed by atoms with Gasteiger partial charge in [0.25, 0.3) is 5.91 Å². The van der Waals surface area contributed by atoms with E-state index in [1.54, 1.807) is 35.3 Å². The average molecular weight is 342 g/mol. The Hall–Kier alpha value is -2.74. The topological polar surface area (TPSA) is 98.7 Å². The molecule has 2 heterocycles. The van der Waals surface area contributed by atoms with E-state index in [9.17, 15) is 4.79 Å². The molecule has 0 fully saturated rings. The highest BCUT2D eigenvalue weighted by Gasteiger charge is 2.25. The molecular weight excluding hydrogens is 324 g/mol. The molecule has 0 bridgehead atoms. The number of nitrogens with two attached hydrogens (primary N) is 1. The monoisotopic (exact) mass is 342 g/mol. The van der Waals surface area contributed by atoms with E-state index in [4.69, 9.17) is 5.73 Å². The molecule has 3 rings (SSSR count). The summed E-state index contributed by atoms with van der Waals surface area (Å²) in [6.45, 7) is 6.18. The number of carbonyl (C=O) groups is 1. The van der Waals surface area contributed by atoms with E-state index < -0.39 is 0 Å². The SMILES string of the molecule is CC(C)(C)c1nc(NC(=O)c2cccc(N)c2)sc1-n1cncn1. The first kappa shape index (κ1) is 16.1. The van der Waals surface area contributed by atoms with Crippen molar-refractivity contribution in [2.24, 2.45) is 0 Å². The molecule has 2 aromatic heterocycles. The summed E-state index contributed by atoms with van der Waals surface area (Å²) in [5.41, 5.74) is 7.41. The van der Waals surface area contributed by atoms with Gasteiger partial charge in [-0.3, -0.25) is 10.1 Å². The molecule has 124 valence electrons. The Morgan fingerprint density at radius 1 is 1.33 bits per heavy atom. The van der Waals surface area contributed by atoms with Crippen molar-refractivity contribution in [1.82, 2.24) is 19.7 Å². The Kier molecular flexibility index (Phi) is 4.06. The summed E-state index contributed by atoms with van der Waals surface area (Å²) in [5, 5.41) is 8.35. The normalized spacial score (nSPS) is 11.5. The van der Waals surface area contributed by atoms with E-state index in [2.05, 4.69) is 41.2 Å². The predicted octanol–water partition coefficient (Wildman–Crippen LogP) is 2.86. The largest absolute Gasteiger partial charge is 0.399 e. The molecule has 0 aliphatic heterocycles. The number of thiazole rings is 1. The summed E-state index contributed by atoms with van der Waals surface area (Å²) in [6.07, 6.45) is 3.09. The fraction of sp³-hybridized carbons (Fsp3) is 0.250. The molecule has 0 aliphatic carbocycles. The summed E-state index contributed by atoms with van der Waals surface area (Å²) in [7, 11) is 0. The number of nitrogen functional groups attached to an aromatic ring is 1. The Balaban J connectivity index is 1.93. The molecular formula is C16H18N6OS. The number of rotatable bonds is 3. The zero-order chi connectivity index (χ0) is 17.3. The van der Waals surface area contributed by atoms with Crippen LogP contribution in [0.15, 0.2) is 36.9 Å². The van der Waals surface area contributed by atoms with Gasteiger partial charge in [-0.25, -0.2) is 14.6 Å². The van der Waals surface area contributed by atoms with Crippen molar-refractivity contribution in [2.45, 2.75) is 26.2 Å². The van der Waals surface area contributed by atoms with Crippen molar-refractivity contribution < 1.29 is 4.79 Å². The number of hydrogen-bond donors (Lipinski definition) is 2. The van der Waals surface area contributed by atoms with Crippen LogP contribution >= 0.6 is 11.3 Å². The predicted molar refractivity (Wildman–Crippen MR) is 94.5 cm³/mol. The van der Waals surface area contributed by atoms with Crippen molar-refractivity contribution in [2.75, 3.05) is 11.1 Å². The van der Waals surface area contributed by atoms with Crippen molar-refractivity contribution in [3.05, 3.63) is 48.2 Å². The van der Waals surface area contributed by atoms with Crippen LogP contribution in [0.3, 0.4) is 0 Å². The first-order chi connectivity index (χ1) is 11.3. The Labute approximate surface area is 143 Å². The number of hydrogen-bond acceptors (Lipinski definition) is 6. The molecule has 0 atom stereocenters. The van der Waals surface area contributed by atoms with Crippen LogP contribution in [0.5, 0.6) is 0 Å². The molecule has 0 saturated carbocycles. The molecule has 3 aromatic rings. The van der Waals surface area contributed by atoms with Gasteiger partial charge >= 0.3 is 0 Å². The van der Waals surface area contributed by atoms with E-state index in [1.807, 2.05) is 0 Å². The fourth-order valence-corrected chi connectivity index (χ4v) is 3.27. The number of benzene rings is 1. The average Bonchev–Trinajstić information content (AvgIpc) is 3.15. The van der Waals surface area contributed by atoms with Crippen molar-refractivity contribution in [1.29, 1.82) is 0 Å². The Morgan fingerprint density at radius 3 is 2.75 bits per heavy atom. The molecule has 8 heteroatoms. The summed E-state index contributed by atoms with van der Waals surface area (Å²) >= 11 is 1.36. The van der Waals surface area contributed by atoms with E-state index in [-0.39, 0.29) is 11.3 Å². The highest BCUT2D eigenvalue weighted by atomic mass is 32.1. The molecule has 0 radical (unpaired) electrons. The van der Waals surface area contributed by atoms with Gasteiger partial charge in [-0.2, -0.15) is 5.10 Å². The molecule has 7 nitrogen and oxygen atoms in total. The van der Waals surface area contributed by atoms with Crippen molar-refractivity contribution in [3.63, 3.8) is 0 Å². The lowest BCUT2D eigenvalue weighted by atomic mass is 9.92. The lowest BCUT2D eigenvalue weighted by molar-refractivity contribution is 0.102. The maximum absolute atomic E-state index is 12.4. The van der Waals surface area contributed by atoms with Crippen molar-refractivity contribution in [3.8, 4) is 5.00 Å². The maximum Gasteiger partial charge on any atom is 0.257 e. The van der Waals surface area contributed by atoms with Crippen LogP contribution in [0.4, 0.5) is 10.8 Å². The van der Waals surface area contributed by atoms with Crippen molar-refractivity contribution >= 4 is 28.1 Å². The third-order valence-electron chi connectivity index (χ3n) is 3.32. The van der Waals surface area contributed by atoms with Crippen LogP contribution in [0, 0.1) is 0 Å². The van der Waals surface area contributed by atoms with E-state index in [1.165, 1.54) is 17.7 Å².